The quantitative estimate of drug-likeness (QED) is 0.875. The first kappa shape index (κ1) is 17.3. The summed E-state index contributed by atoms with van der Waals surface area (Å²) in [5.41, 5.74) is -1.67. The number of carboxylic acids is 1. The lowest BCUT2D eigenvalue weighted by Gasteiger charge is -2.23. The Kier molecular flexibility index (Phi) is 3.63. The van der Waals surface area contributed by atoms with Gasteiger partial charge in [0.25, 0.3) is 0 Å². The fourth-order valence-corrected chi connectivity index (χ4v) is 4.74. The van der Waals surface area contributed by atoms with Crippen molar-refractivity contribution in [2.45, 2.75) is 31.7 Å². The van der Waals surface area contributed by atoms with Crippen LogP contribution in [0.4, 0.5) is 14.5 Å². The standard InChI is InChI=1S/C20H18F2N2O4/c21-14-5-11-17(24(10-2-3-10)8-13(19(11)26)20(27)28)16(22)18(14)23-6-9-1-4-15(25)12(9)7-23/h5,8-10,12H,1-4,6-7H2,(H,27,28)/t9-,12+/m0/s1. The SMILES string of the molecule is O=C(O)c1cn(C2CC2)c2c(F)c(N3C[C@@H]4CCC(=O)[C@@H]4C3)c(F)cc2c1=O. The highest BCUT2D eigenvalue weighted by atomic mass is 19.1. The highest BCUT2D eigenvalue weighted by Crippen LogP contribution is 2.42. The van der Waals surface area contributed by atoms with Crippen molar-refractivity contribution in [3.8, 4) is 0 Å². The Labute approximate surface area is 158 Å². The van der Waals surface area contributed by atoms with E-state index in [9.17, 15) is 23.9 Å². The van der Waals surface area contributed by atoms with Crippen molar-refractivity contribution >= 4 is 28.3 Å². The Balaban J connectivity index is 1.71. The van der Waals surface area contributed by atoms with E-state index >= 15 is 4.39 Å². The van der Waals surface area contributed by atoms with E-state index in [2.05, 4.69) is 0 Å². The van der Waals surface area contributed by atoms with Gasteiger partial charge in [-0.3, -0.25) is 9.59 Å². The molecule has 1 N–H and O–H groups in total. The monoisotopic (exact) mass is 388 g/mol. The van der Waals surface area contributed by atoms with Crippen LogP contribution in [0.3, 0.4) is 0 Å². The molecule has 2 saturated carbocycles. The molecule has 1 aromatic carbocycles. The first-order chi connectivity index (χ1) is 13.4. The van der Waals surface area contributed by atoms with Crippen molar-refractivity contribution in [2.75, 3.05) is 18.0 Å². The number of aromatic carboxylic acids is 1. The van der Waals surface area contributed by atoms with Gasteiger partial charge in [-0.1, -0.05) is 0 Å². The van der Waals surface area contributed by atoms with Crippen LogP contribution >= 0.6 is 0 Å². The van der Waals surface area contributed by atoms with Crippen LogP contribution in [0.15, 0.2) is 17.1 Å². The maximum Gasteiger partial charge on any atom is 0.341 e. The zero-order valence-electron chi connectivity index (χ0n) is 15.0. The van der Waals surface area contributed by atoms with Crippen LogP contribution < -0.4 is 10.3 Å². The molecule has 2 heterocycles. The van der Waals surface area contributed by atoms with Gasteiger partial charge in [0.2, 0.25) is 5.43 Å². The van der Waals surface area contributed by atoms with Crippen LogP contribution in [0.5, 0.6) is 0 Å². The second-order valence-electron chi connectivity index (χ2n) is 8.01. The molecule has 5 rings (SSSR count). The van der Waals surface area contributed by atoms with Crippen molar-refractivity contribution in [1.82, 2.24) is 4.57 Å². The number of Topliss-reactive ketones (excluding diaryl/α,β-unsaturated/α-hetero) is 1. The molecule has 2 atom stereocenters. The number of benzene rings is 1. The molecule has 2 aromatic rings. The fourth-order valence-electron chi connectivity index (χ4n) is 4.74. The number of carboxylic acid groups (broad SMARTS) is 1. The number of aromatic nitrogens is 1. The Morgan fingerprint density at radius 3 is 2.54 bits per heavy atom. The van der Waals surface area contributed by atoms with Crippen molar-refractivity contribution in [3.05, 3.63) is 39.7 Å². The lowest BCUT2D eigenvalue weighted by Crippen LogP contribution is -2.26. The van der Waals surface area contributed by atoms with E-state index < -0.39 is 28.6 Å². The molecule has 0 amide bonds. The van der Waals surface area contributed by atoms with E-state index in [4.69, 9.17) is 0 Å². The molecule has 1 aliphatic heterocycles. The summed E-state index contributed by atoms with van der Waals surface area (Å²) in [6.07, 6.45) is 3.89. The maximum absolute atomic E-state index is 15.5. The predicted octanol–water partition coefficient (Wildman–Crippen LogP) is 2.73. The molecule has 6 nitrogen and oxygen atoms in total. The third-order valence-electron chi connectivity index (χ3n) is 6.29. The highest BCUT2D eigenvalue weighted by molar-refractivity contribution is 5.94. The minimum atomic E-state index is -1.42. The second kappa shape index (κ2) is 5.86. The summed E-state index contributed by atoms with van der Waals surface area (Å²) in [7, 11) is 0. The summed E-state index contributed by atoms with van der Waals surface area (Å²) < 4.78 is 31.9. The van der Waals surface area contributed by atoms with E-state index in [0.29, 0.717) is 13.0 Å². The van der Waals surface area contributed by atoms with Crippen molar-refractivity contribution in [3.63, 3.8) is 0 Å². The molecular weight excluding hydrogens is 370 g/mol. The van der Waals surface area contributed by atoms with Crippen LogP contribution in [-0.2, 0) is 4.79 Å². The first-order valence-electron chi connectivity index (χ1n) is 9.44. The lowest BCUT2D eigenvalue weighted by atomic mass is 10.0. The Hall–Kier alpha value is -2.77. The molecule has 3 aliphatic rings. The van der Waals surface area contributed by atoms with Crippen LogP contribution in [0, 0.1) is 23.5 Å². The summed E-state index contributed by atoms with van der Waals surface area (Å²) in [5, 5.41) is 9.03. The van der Waals surface area contributed by atoms with Gasteiger partial charge in [-0.05, 0) is 31.2 Å². The summed E-state index contributed by atoms with van der Waals surface area (Å²) in [5.74, 6) is -3.15. The van der Waals surface area contributed by atoms with E-state index in [-0.39, 0.29) is 46.8 Å². The molecule has 2 aliphatic carbocycles. The average molecular weight is 388 g/mol. The number of fused-ring (bicyclic) bond motifs is 2. The molecule has 0 spiro atoms. The van der Waals surface area contributed by atoms with Crippen LogP contribution in [0.2, 0.25) is 0 Å². The fraction of sp³-hybridized carbons (Fsp3) is 0.450. The largest absolute Gasteiger partial charge is 0.477 e. The molecular formula is C20H18F2N2O4. The van der Waals surface area contributed by atoms with Gasteiger partial charge >= 0.3 is 5.97 Å². The van der Waals surface area contributed by atoms with Gasteiger partial charge in [-0.15, -0.1) is 0 Å². The number of carbonyl (C=O) groups is 2. The van der Waals surface area contributed by atoms with E-state index in [1.807, 2.05) is 0 Å². The van der Waals surface area contributed by atoms with Gasteiger partial charge in [0.15, 0.2) is 5.82 Å². The van der Waals surface area contributed by atoms with Crippen molar-refractivity contribution in [2.24, 2.45) is 11.8 Å². The zero-order valence-corrected chi connectivity index (χ0v) is 15.0. The van der Waals surface area contributed by atoms with Gasteiger partial charge in [-0.25, -0.2) is 13.6 Å². The van der Waals surface area contributed by atoms with Crippen LogP contribution in [0.1, 0.15) is 42.1 Å². The van der Waals surface area contributed by atoms with Crippen LogP contribution in [0.25, 0.3) is 10.9 Å². The number of ketones is 1. The summed E-state index contributed by atoms with van der Waals surface area (Å²) in [6, 6.07) is 0.839. The molecule has 1 saturated heterocycles. The normalized spacial score (nSPS) is 24.2. The van der Waals surface area contributed by atoms with Gasteiger partial charge in [0.1, 0.15) is 22.9 Å². The number of anilines is 1. The predicted molar refractivity (Wildman–Crippen MR) is 96.8 cm³/mol. The average Bonchev–Trinajstić information content (AvgIpc) is 3.31. The number of carbonyl (C=O) groups excluding carboxylic acids is 1. The Morgan fingerprint density at radius 1 is 1.14 bits per heavy atom. The Bertz CT molecular complexity index is 1110. The second-order valence-corrected chi connectivity index (χ2v) is 8.01. The third-order valence-corrected chi connectivity index (χ3v) is 6.29. The van der Waals surface area contributed by atoms with Gasteiger partial charge < -0.3 is 14.6 Å². The zero-order chi connectivity index (χ0) is 19.7. The highest BCUT2D eigenvalue weighted by Gasteiger charge is 2.43. The lowest BCUT2D eigenvalue weighted by molar-refractivity contribution is -0.120. The van der Waals surface area contributed by atoms with E-state index in [1.54, 1.807) is 4.90 Å². The van der Waals surface area contributed by atoms with Gasteiger partial charge in [0, 0.05) is 37.7 Å². The minimum absolute atomic E-state index is 0.0581. The van der Waals surface area contributed by atoms with Crippen molar-refractivity contribution in [1.29, 1.82) is 0 Å². The number of hydrogen-bond donors (Lipinski definition) is 1. The maximum atomic E-state index is 15.5. The number of hydrogen-bond acceptors (Lipinski definition) is 4. The summed E-state index contributed by atoms with van der Waals surface area (Å²) in [4.78, 5) is 37.5. The Morgan fingerprint density at radius 2 is 1.89 bits per heavy atom. The number of nitrogens with zero attached hydrogens (tertiary/aromatic N) is 2. The number of pyridine rings is 1. The number of rotatable bonds is 3. The molecule has 3 fully saturated rings. The summed E-state index contributed by atoms with van der Waals surface area (Å²) >= 11 is 0. The van der Waals surface area contributed by atoms with Gasteiger partial charge in [0.05, 0.1) is 10.9 Å². The summed E-state index contributed by atoms with van der Waals surface area (Å²) in [6.45, 7) is 0.667. The molecule has 1 aromatic heterocycles. The molecule has 28 heavy (non-hydrogen) atoms. The third kappa shape index (κ3) is 2.40. The van der Waals surface area contributed by atoms with Crippen LogP contribution in [-0.4, -0.2) is 34.5 Å². The molecule has 0 radical (unpaired) electrons. The smallest absolute Gasteiger partial charge is 0.341 e. The molecule has 146 valence electrons. The first-order valence-corrected chi connectivity index (χ1v) is 9.44. The molecule has 8 heteroatoms. The molecule has 0 unspecified atom stereocenters. The van der Waals surface area contributed by atoms with Gasteiger partial charge in [-0.2, -0.15) is 0 Å². The van der Waals surface area contributed by atoms with E-state index in [0.717, 1.165) is 31.5 Å². The number of halogens is 2. The molecule has 0 bridgehead atoms. The van der Waals surface area contributed by atoms with E-state index in [1.165, 1.54) is 4.57 Å². The van der Waals surface area contributed by atoms with Crippen molar-refractivity contribution < 1.29 is 23.5 Å². The minimum Gasteiger partial charge on any atom is -0.477 e. The topological polar surface area (TPSA) is 79.6 Å².